The molecule has 0 saturated carbocycles. The molecule has 0 unspecified atom stereocenters. The van der Waals surface area contributed by atoms with Crippen molar-refractivity contribution in [3.8, 4) is 12.3 Å². The van der Waals surface area contributed by atoms with E-state index in [4.69, 9.17) is 6.42 Å². The number of halogens is 1. The Morgan fingerprint density at radius 1 is 1.33 bits per heavy atom. The van der Waals surface area contributed by atoms with Gasteiger partial charge in [-0.25, -0.2) is 4.68 Å². The Labute approximate surface area is 133 Å². The zero-order valence-electron chi connectivity index (χ0n) is 12.1. The van der Waals surface area contributed by atoms with Gasteiger partial charge in [0.1, 0.15) is 11.0 Å². The zero-order chi connectivity index (χ0) is 15.1. The lowest BCUT2D eigenvalue weighted by Crippen LogP contribution is -2.30. The Morgan fingerprint density at radius 3 is 2.71 bits per heavy atom. The fraction of sp³-hybridized carbons (Fsp3) is 0.600. The summed E-state index contributed by atoms with van der Waals surface area (Å²) < 4.78 is 1.76. The Morgan fingerprint density at radius 2 is 2.05 bits per heavy atom. The van der Waals surface area contributed by atoms with Crippen LogP contribution in [0.4, 0.5) is 5.69 Å². The van der Waals surface area contributed by atoms with Gasteiger partial charge in [-0.15, -0.1) is 6.42 Å². The lowest BCUT2D eigenvalue weighted by molar-refractivity contribution is 0.296. The van der Waals surface area contributed by atoms with Gasteiger partial charge in [0.05, 0.1) is 11.9 Å². The minimum atomic E-state index is -0.201. The van der Waals surface area contributed by atoms with Crippen molar-refractivity contribution in [1.29, 1.82) is 0 Å². The fourth-order valence-corrected chi connectivity index (χ4v) is 2.94. The molecule has 0 bridgehead atoms. The maximum Gasteiger partial charge on any atom is 0.284 e. The van der Waals surface area contributed by atoms with Gasteiger partial charge in [-0.05, 0) is 41.9 Å². The molecule has 6 heteroatoms. The minimum absolute atomic E-state index is 0.186. The molecule has 1 aliphatic rings. The Kier molecular flexibility index (Phi) is 6.27. The van der Waals surface area contributed by atoms with Crippen LogP contribution in [0.1, 0.15) is 25.7 Å². The smallest absolute Gasteiger partial charge is 0.284 e. The van der Waals surface area contributed by atoms with Crippen LogP contribution in [-0.2, 0) is 6.54 Å². The van der Waals surface area contributed by atoms with E-state index in [1.165, 1.54) is 43.5 Å². The van der Waals surface area contributed by atoms with E-state index in [0.717, 1.165) is 18.8 Å². The largest absolute Gasteiger partial charge is 0.381 e. The van der Waals surface area contributed by atoms with Crippen molar-refractivity contribution >= 4 is 21.6 Å². The second-order valence-electron chi connectivity index (χ2n) is 5.22. The van der Waals surface area contributed by atoms with Crippen LogP contribution in [0.5, 0.6) is 0 Å². The standard InChI is InChI=1S/C15H21BrN4O/c1-2-8-20-15(21)14(16)13(12-18-20)17-7-11-19-9-5-3-4-6-10-19/h1,12,17H,3-11H2. The van der Waals surface area contributed by atoms with Gasteiger partial charge in [-0.3, -0.25) is 4.79 Å². The second kappa shape index (κ2) is 8.20. The van der Waals surface area contributed by atoms with Crippen molar-refractivity contribution in [1.82, 2.24) is 14.7 Å². The maximum atomic E-state index is 12.0. The van der Waals surface area contributed by atoms with E-state index in [1.807, 2.05) is 0 Å². The van der Waals surface area contributed by atoms with Crippen molar-refractivity contribution in [2.24, 2.45) is 0 Å². The predicted octanol–water partition coefficient (Wildman–Crippen LogP) is 1.93. The molecule has 1 aromatic heterocycles. The average Bonchev–Trinajstić information content (AvgIpc) is 2.75. The topological polar surface area (TPSA) is 50.2 Å². The highest BCUT2D eigenvalue weighted by Gasteiger charge is 2.10. The molecule has 5 nitrogen and oxygen atoms in total. The monoisotopic (exact) mass is 352 g/mol. The van der Waals surface area contributed by atoms with Crippen LogP contribution in [-0.4, -0.2) is 40.9 Å². The minimum Gasteiger partial charge on any atom is -0.381 e. The lowest BCUT2D eigenvalue weighted by atomic mass is 10.2. The Hall–Kier alpha value is -1.32. The van der Waals surface area contributed by atoms with E-state index in [-0.39, 0.29) is 12.1 Å². The summed E-state index contributed by atoms with van der Waals surface area (Å²) >= 11 is 3.32. The predicted molar refractivity (Wildman–Crippen MR) is 88.4 cm³/mol. The molecule has 0 aliphatic carbocycles. The van der Waals surface area contributed by atoms with Crippen molar-refractivity contribution < 1.29 is 0 Å². The third kappa shape index (κ3) is 4.58. The molecule has 0 aromatic carbocycles. The number of nitrogens with one attached hydrogen (secondary N) is 1. The number of hydrogen-bond acceptors (Lipinski definition) is 4. The number of likely N-dealkylation sites (tertiary alicyclic amines) is 1. The molecule has 2 rings (SSSR count). The fourth-order valence-electron chi connectivity index (χ4n) is 2.50. The zero-order valence-corrected chi connectivity index (χ0v) is 13.7. The Bertz CT molecular complexity index is 556. The molecule has 21 heavy (non-hydrogen) atoms. The molecule has 0 spiro atoms. The van der Waals surface area contributed by atoms with Crippen molar-refractivity contribution in [2.45, 2.75) is 32.2 Å². The van der Waals surface area contributed by atoms with Crippen LogP contribution in [0, 0.1) is 12.3 Å². The van der Waals surface area contributed by atoms with Gasteiger partial charge < -0.3 is 10.2 Å². The number of nitrogens with zero attached hydrogens (tertiary/aromatic N) is 3. The van der Waals surface area contributed by atoms with Gasteiger partial charge in [0, 0.05) is 13.1 Å². The van der Waals surface area contributed by atoms with Crippen LogP contribution < -0.4 is 10.9 Å². The molecular weight excluding hydrogens is 332 g/mol. The van der Waals surface area contributed by atoms with E-state index in [2.05, 4.69) is 37.2 Å². The molecule has 0 radical (unpaired) electrons. The highest BCUT2D eigenvalue weighted by molar-refractivity contribution is 9.10. The number of aromatic nitrogens is 2. The summed E-state index contributed by atoms with van der Waals surface area (Å²) in [5, 5.41) is 7.34. The van der Waals surface area contributed by atoms with E-state index in [9.17, 15) is 4.79 Å². The van der Waals surface area contributed by atoms with Crippen LogP contribution in [0.2, 0.25) is 0 Å². The highest BCUT2D eigenvalue weighted by atomic mass is 79.9. The van der Waals surface area contributed by atoms with Gasteiger partial charge in [-0.1, -0.05) is 18.8 Å². The summed E-state index contributed by atoms with van der Waals surface area (Å²) in [6.07, 6.45) is 12.1. The number of anilines is 1. The molecule has 1 aliphatic heterocycles. The first-order valence-corrected chi connectivity index (χ1v) is 8.17. The van der Waals surface area contributed by atoms with E-state index in [1.54, 1.807) is 6.20 Å². The summed E-state index contributed by atoms with van der Waals surface area (Å²) in [5.41, 5.74) is 0.524. The summed E-state index contributed by atoms with van der Waals surface area (Å²) in [7, 11) is 0. The van der Waals surface area contributed by atoms with Gasteiger partial charge >= 0.3 is 0 Å². The van der Waals surface area contributed by atoms with E-state index < -0.39 is 0 Å². The van der Waals surface area contributed by atoms with Crippen molar-refractivity contribution in [2.75, 3.05) is 31.5 Å². The summed E-state index contributed by atoms with van der Waals surface area (Å²) in [6.45, 7) is 4.32. The normalized spacial score (nSPS) is 16.2. The molecule has 1 N–H and O–H groups in total. The van der Waals surface area contributed by atoms with Gasteiger partial charge in [0.2, 0.25) is 0 Å². The summed E-state index contributed by atoms with van der Waals surface area (Å²) in [4.78, 5) is 14.5. The van der Waals surface area contributed by atoms with Crippen LogP contribution in [0.25, 0.3) is 0 Å². The molecular formula is C15H21BrN4O. The lowest BCUT2D eigenvalue weighted by Gasteiger charge is -2.20. The van der Waals surface area contributed by atoms with Crippen LogP contribution in [0.3, 0.4) is 0 Å². The molecule has 1 aromatic rings. The molecule has 114 valence electrons. The summed E-state index contributed by atoms with van der Waals surface area (Å²) in [6, 6.07) is 0. The van der Waals surface area contributed by atoms with E-state index >= 15 is 0 Å². The number of rotatable bonds is 5. The van der Waals surface area contributed by atoms with Crippen LogP contribution >= 0.6 is 15.9 Å². The first-order chi connectivity index (χ1) is 10.2. The quantitative estimate of drug-likeness (QED) is 0.822. The molecule has 0 amide bonds. The first-order valence-electron chi connectivity index (χ1n) is 7.37. The summed E-state index contributed by atoms with van der Waals surface area (Å²) in [5.74, 6) is 2.42. The molecule has 1 fully saturated rings. The van der Waals surface area contributed by atoms with Crippen molar-refractivity contribution in [3.63, 3.8) is 0 Å². The maximum absolute atomic E-state index is 12.0. The molecule has 0 atom stereocenters. The number of terminal acetylenes is 1. The van der Waals surface area contributed by atoms with Gasteiger partial charge in [0.15, 0.2) is 0 Å². The SMILES string of the molecule is C#CCn1ncc(NCCN2CCCCCC2)c(Br)c1=O. The molecule has 2 heterocycles. The van der Waals surface area contributed by atoms with E-state index in [0.29, 0.717) is 4.47 Å². The highest BCUT2D eigenvalue weighted by Crippen LogP contribution is 2.16. The van der Waals surface area contributed by atoms with Crippen molar-refractivity contribution in [3.05, 3.63) is 21.0 Å². The average molecular weight is 353 g/mol. The third-order valence-electron chi connectivity index (χ3n) is 3.67. The Balaban J connectivity index is 1.90. The molecule has 1 saturated heterocycles. The van der Waals surface area contributed by atoms with Crippen LogP contribution in [0.15, 0.2) is 15.5 Å². The number of hydrogen-bond donors (Lipinski definition) is 1. The first kappa shape index (κ1) is 16.1. The third-order valence-corrected chi connectivity index (χ3v) is 4.43. The van der Waals surface area contributed by atoms with Gasteiger partial charge in [-0.2, -0.15) is 5.10 Å². The van der Waals surface area contributed by atoms with Gasteiger partial charge in [0.25, 0.3) is 5.56 Å². The second-order valence-corrected chi connectivity index (χ2v) is 6.01.